The number of nitrogens with two attached hydrogens (primary N) is 1. The summed E-state index contributed by atoms with van der Waals surface area (Å²) in [6, 6.07) is 0. The molecule has 106 valence electrons. The normalized spacial score (nSPS) is 13.0. The lowest BCUT2D eigenvalue weighted by Gasteiger charge is -2.25. The van der Waals surface area contributed by atoms with Crippen LogP contribution in [0, 0.1) is 5.92 Å². The van der Waals surface area contributed by atoms with E-state index in [9.17, 15) is 9.59 Å². The van der Waals surface area contributed by atoms with Crippen molar-refractivity contribution in [2.75, 3.05) is 20.1 Å². The number of likely N-dealkylation sites (N-methyl/N-ethyl adjacent to an activating group) is 1. The lowest BCUT2D eigenvalue weighted by atomic mass is 10.0. The summed E-state index contributed by atoms with van der Waals surface area (Å²) in [6.07, 6.45) is 1.59. The standard InChI is InChI=1S/C13H27N3O2/c1-10(7-6-8-14)12(18)16(5)9-11(17)15-13(2,3)4/h10H,6-9,14H2,1-5H3,(H,15,17). The van der Waals surface area contributed by atoms with Crippen LogP contribution in [0.2, 0.25) is 0 Å². The zero-order valence-corrected chi connectivity index (χ0v) is 12.2. The molecule has 0 aliphatic heterocycles. The Labute approximate surface area is 110 Å². The van der Waals surface area contributed by atoms with Gasteiger partial charge in [-0.05, 0) is 40.2 Å². The molecule has 5 heteroatoms. The summed E-state index contributed by atoms with van der Waals surface area (Å²) in [6.45, 7) is 8.30. The number of carbonyl (C=O) groups excluding carboxylic acids is 2. The summed E-state index contributed by atoms with van der Waals surface area (Å²) >= 11 is 0. The molecule has 5 nitrogen and oxygen atoms in total. The lowest BCUT2D eigenvalue weighted by Crippen LogP contribution is -2.47. The van der Waals surface area contributed by atoms with Crippen LogP contribution in [-0.2, 0) is 9.59 Å². The van der Waals surface area contributed by atoms with E-state index in [1.165, 1.54) is 4.90 Å². The van der Waals surface area contributed by atoms with Crippen molar-refractivity contribution in [1.29, 1.82) is 0 Å². The first-order valence-corrected chi connectivity index (χ1v) is 6.43. The van der Waals surface area contributed by atoms with Gasteiger partial charge in [0.2, 0.25) is 11.8 Å². The molecular weight excluding hydrogens is 230 g/mol. The van der Waals surface area contributed by atoms with Crippen molar-refractivity contribution >= 4 is 11.8 Å². The Morgan fingerprint density at radius 1 is 1.33 bits per heavy atom. The molecule has 0 aromatic rings. The van der Waals surface area contributed by atoms with E-state index < -0.39 is 0 Å². The number of rotatable bonds is 6. The fraction of sp³-hybridized carbons (Fsp3) is 0.846. The molecule has 0 saturated heterocycles. The first kappa shape index (κ1) is 16.9. The van der Waals surface area contributed by atoms with Crippen molar-refractivity contribution < 1.29 is 9.59 Å². The molecular formula is C13H27N3O2. The number of nitrogens with one attached hydrogen (secondary N) is 1. The molecule has 0 saturated carbocycles. The summed E-state index contributed by atoms with van der Waals surface area (Å²) in [5.74, 6) is -0.224. The van der Waals surface area contributed by atoms with Crippen molar-refractivity contribution in [2.45, 2.75) is 46.1 Å². The van der Waals surface area contributed by atoms with Crippen molar-refractivity contribution in [1.82, 2.24) is 10.2 Å². The molecule has 0 aromatic carbocycles. The van der Waals surface area contributed by atoms with Crippen LogP contribution in [0.15, 0.2) is 0 Å². The highest BCUT2D eigenvalue weighted by Crippen LogP contribution is 2.08. The zero-order valence-electron chi connectivity index (χ0n) is 12.2. The van der Waals surface area contributed by atoms with Gasteiger partial charge in [-0.1, -0.05) is 6.92 Å². The Morgan fingerprint density at radius 3 is 2.33 bits per heavy atom. The number of nitrogens with zero attached hydrogens (tertiary/aromatic N) is 1. The fourth-order valence-electron chi connectivity index (χ4n) is 1.67. The van der Waals surface area contributed by atoms with Gasteiger partial charge in [-0.25, -0.2) is 0 Å². The third-order valence-corrected chi connectivity index (χ3v) is 2.53. The summed E-state index contributed by atoms with van der Waals surface area (Å²) < 4.78 is 0. The van der Waals surface area contributed by atoms with Crippen LogP contribution in [0.25, 0.3) is 0 Å². The minimum absolute atomic E-state index is 0.00694. The van der Waals surface area contributed by atoms with Crippen LogP contribution in [0.1, 0.15) is 40.5 Å². The highest BCUT2D eigenvalue weighted by Gasteiger charge is 2.21. The van der Waals surface area contributed by atoms with Crippen LogP contribution in [0.5, 0.6) is 0 Å². The summed E-state index contributed by atoms with van der Waals surface area (Å²) in [4.78, 5) is 25.1. The molecule has 0 radical (unpaired) electrons. The van der Waals surface area contributed by atoms with Gasteiger partial charge in [0.1, 0.15) is 0 Å². The molecule has 1 atom stereocenters. The van der Waals surface area contributed by atoms with Gasteiger partial charge in [0.25, 0.3) is 0 Å². The average Bonchev–Trinajstić information content (AvgIpc) is 2.21. The Kier molecular flexibility index (Phi) is 6.91. The molecule has 0 aromatic heterocycles. The molecule has 18 heavy (non-hydrogen) atoms. The van der Waals surface area contributed by atoms with Gasteiger partial charge in [0.05, 0.1) is 6.54 Å². The Bertz CT molecular complexity index is 284. The van der Waals surface area contributed by atoms with Crippen LogP contribution in [-0.4, -0.2) is 42.4 Å². The number of hydrogen-bond donors (Lipinski definition) is 2. The Morgan fingerprint density at radius 2 is 1.89 bits per heavy atom. The highest BCUT2D eigenvalue weighted by molar-refractivity contribution is 5.85. The van der Waals surface area contributed by atoms with Gasteiger partial charge in [0, 0.05) is 18.5 Å². The molecule has 0 heterocycles. The maximum atomic E-state index is 12.0. The molecule has 2 amide bonds. The maximum absolute atomic E-state index is 12.0. The minimum Gasteiger partial charge on any atom is -0.350 e. The van der Waals surface area contributed by atoms with Gasteiger partial charge in [-0.15, -0.1) is 0 Å². The summed E-state index contributed by atoms with van der Waals surface area (Å²) in [5, 5.41) is 2.83. The van der Waals surface area contributed by atoms with Crippen molar-refractivity contribution in [3.05, 3.63) is 0 Å². The van der Waals surface area contributed by atoms with Crippen LogP contribution < -0.4 is 11.1 Å². The second-order valence-electron chi connectivity index (χ2n) is 5.82. The summed E-state index contributed by atoms with van der Waals surface area (Å²) in [5.41, 5.74) is 5.14. The highest BCUT2D eigenvalue weighted by atomic mass is 16.2. The Hall–Kier alpha value is -1.10. The number of amides is 2. The van der Waals surface area contributed by atoms with Crippen molar-refractivity contribution in [2.24, 2.45) is 11.7 Å². The van der Waals surface area contributed by atoms with E-state index in [0.29, 0.717) is 6.54 Å². The zero-order chi connectivity index (χ0) is 14.3. The quantitative estimate of drug-likeness (QED) is 0.736. The third kappa shape index (κ3) is 7.27. The third-order valence-electron chi connectivity index (χ3n) is 2.53. The maximum Gasteiger partial charge on any atom is 0.240 e. The van der Waals surface area contributed by atoms with E-state index in [1.54, 1.807) is 7.05 Å². The second-order valence-corrected chi connectivity index (χ2v) is 5.82. The monoisotopic (exact) mass is 257 g/mol. The van der Waals surface area contributed by atoms with E-state index in [4.69, 9.17) is 5.73 Å². The van der Waals surface area contributed by atoms with Crippen molar-refractivity contribution in [3.8, 4) is 0 Å². The van der Waals surface area contributed by atoms with Crippen LogP contribution in [0.4, 0.5) is 0 Å². The SMILES string of the molecule is CC(CCCN)C(=O)N(C)CC(=O)NC(C)(C)C. The number of carbonyl (C=O) groups is 2. The molecule has 0 rings (SSSR count). The van der Waals surface area contributed by atoms with Gasteiger partial charge >= 0.3 is 0 Å². The molecule has 0 bridgehead atoms. The van der Waals surface area contributed by atoms with E-state index in [0.717, 1.165) is 12.8 Å². The predicted octanol–water partition coefficient (Wildman–Crippen LogP) is 0.735. The molecule has 0 spiro atoms. The topological polar surface area (TPSA) is 75.4 Å². The fourth-order valence-corrected chi connectivity index (χ4v) is 1.67. The van der Waals surface area contributed by atoms with Gasteiger partial charge < -0.3 is 16.0 Å². The second kappa shape index (κ2) is 7.36. The van der Waals surface area contributed by atoms with E-state index in [2.05, 4.69) is 5.32 Å². The predicted molar refractivity (Wildman–Crippen MR) is 73.0 cm³/mol. The van der Waals surface area contributed by atoms with E-state index in [1.807, 2.05) is 27.7 Å². The van der Waals surface area contributed by atoms with Crippen LogP contribution >= 0.6 is 0 Å². The lowest BCUT2D eigenvalue weighted by molar-refractivity contribution is -0.138. The number of hydrogen-bond acceptors (Lipinski definition) is 3. The van der Waals surface area contributed by atoms with E-state index >= 15 is 0 Å². The first-order chi connectivity index (χ1) is 8.17. The smallest absolute Gasteiger partial charge is 0.240 e. The molecule has 0 fully saturated rings. The van der Waals surface area contributed by atoms with Gasteiger partial charge in [0.15, 0.2) is 0 Å². The van der Waals surface area contributed by atoms with Gasteiger partial charge in [-0.3, -0.25) is 9.59 Å². The summed E-state index contributed by atoms with van der Waals surface area (Å²) in [7, 11) is 1.66. The molecule has 3 N–H and O–H groups in total. The van der Waals surface area contributed by atoms with E-state index in [-0.39, 0.29) is 29.8 Å². The average molecular weight is 257 g/mol. The van der Waals surface area contributed by atoms with Crippen LogP contribution in [0.3, 0.4) is 0 Å². The van der Waals surface area contributed by atoms with Gasteiger partial charge in [-0.2, -0.15) is 0 Å². The minimum atomic E-state index is -0.272. The first-order valence-electron chi connectivity index (χ1n) is 6.43. The Balaban J connectivity index is 4.19. The molecule has 0 aliphatic rings. The molecule has 1 unspecified atom stereocenters. The van der Waals surface area contributed by atoms with Crippen molar-refractivity contribution in [3.63, 3.8) is 0 Å². The largest absolute Gasteiger partial charge is 0.350 e. The molecule has 0 aliphatic carbocycles.